The highest BCUT2D eigenvalue weighted by atomic mass is 32.7. The van der Waals surface area contributed by atoms with Crippen molar-refractivity contribution in [2.24, 2.45) is 11.0 Å². The molecule has 0 aliphatic heterocycles. The molecule has 0 heterocycles. The highest BCUT2D eigenvalue weighted by Gasteiger charge is 2.10. The van der Waals surface area contributed by atoms with Gasteiger partial charge in [-0.1, -0.05) is 0 Å². The van der Waals surface area contributed by atoms with Gasteiger partial charge in [-0.15, -0.1) is 0 Å². The Bertz CT molecular complexity index is 401. The van der Waals surface area contributed by atoms with Crippen LogP contribution in [0.15, 0.2) is 29.2 Å². The Balaban J connectivity index is 2.72. The number of hydrogen-bond donors (Lipinski definition) is 3. The van der Waals surface area contributed by atoms with Gasteiger partial charge in [0.15, 0.2) is 0 Å². The van der Waals surface area contributed by atoms with Crippen molar-refractivity contribution >= 4 is 29.6 Å². The molecule has 0 saturated carbocycles. The van der Waals surface area contributed by atoms with Crippen LogP contribution in [-0.4, -0.2) is 5.91 Å². The van der Waals surface area contributed by atoms with Crippen LogP contribution in [0.25, 0.3) is 0 Å². The van der Waals surface area contributed by atoms with Crippen LogP contribution in [0.3, 0.4) is 0 Å². The van der Waals surface area contributed by atoms with Crippen molar-refractivity contribution in [2.45, 2.75) is 11.8 Å². The lowest BCUT2D eigenvalue weighted by molar-refractivity contribution is -0.114. The molecule has 1 aromatic rings. The summed E-state index contributed by atoms with van der Waals surface area (Å²) in [5.41, 5.74) is 11.1. The Morgan fingerprint density at radius 2 is 1.87 bits per heavy atom. The molecule has 82 valence electrons. The molecule has 0 bridgehead atoms. The Morgan fingerprint density at radius 1 is 1.33 bits per heavy atom. The summed E-state index contributed by atoms with van der Waals surface area (Å²) in [5.74, 6) is -0.140. The minimum atomic E-state index is -3.10. The number of hydrogen-bond acceptors (Lipinski definition) is 3. The van der Waals surface area contributed by atoms with Crippen LogP contribution in [0.2, 0.25) is 0 Å². The summed E-state index contributed by atoms with van der Waals surface area (Å²) in [7, 11) is 0. The van der Waals surface area contributed by atoms with Crippen molar-refractivity contribution in [3.63, 3.8) is 0 Å². The van der Waals surface area contributed by atoms with Crippen molar-refractivity contribution < 1.29 is 9.36 Å². The molecule has 15 heavy (non-hydrogen) atoms. The first-order valence-electron chi connectivity index (χ1n) is 4.11. The van der Waals surface area contributed by atoms with E-state index in [2.05, 4.69) is 5.32 Å². The van der Waals surface area contributed by atoms with Crippen LogP contribution in [0, 0.1) is 0 Å². The van der Waals surface area contributed by atoms with Gasteiger partial charge in [0.25, 0.3) is 6.65 Å². The number of amides is 1. The molecular weight excluding hydrogens is 233 g/mol. The highest BCUT2D eigenvalue weighted by Crippen LogP contribution is 2.48. The molecule has 0 atom stereocenters. The van der Waals surface area contributed by atoms with E-state index in [-0.39, 0.29) is 5.91 Å². The second kappa shape index (κ2) is 4.81. The summed E-state index contributed by atoms with van der Waals surface area (Å²) in [4.78, 5) is 11.4. The summed E-state index contributed by atoms with van der Waals surface area (Å²) in [6.07, 6.45) is 0. The normalized spacial score (nSPS) is 11.1. The van der Waals surface area contributed by atoms with Gasteiger partial charge in [0.05, 0.1) is 0 Å². The maximum Gasteiger partial charge on any atom is 0.265 e. The first kappa shape index (κ1) is 12.3. The van der Waals surface area contributed by atoms with E-state index in [4.69, 9.17) is 11.0 Å². The molecule has 0 aliphatic carbocycles. The zero-order chi connectivity index (χ0) is 11.5. The fourth-order valence-corrected chi connectivity index (χ4v) is 2.91. The molecular formula is C8H12N3O2PS. The van der Waals surface area contributed by atoms with Crippen LogP contribution in [0.4, 0.5) is 5.69 Å². The average Bonchev–Trinajstić information content (AvgIpc) is 2.05. The number of carbonyl (C=O) groups is 1. The molecule has 1 amide bonds. The van der Waals surface area contributed by atoms with Crippen molar-refractivity contribution in [3.05, 3.63) is 24.3 Å². The SMILES string of the molecule is CC(=O)Nc1ccc(SP(N)(N)=O)cc1. The number of carbonyl (C=O) groups excluding carboxylic acids is 1. The van der Waals surface area contributed by atoms with E-state index < -0.39 is 6.65 Å². The van der Waals surface area contributed by atoms with Crippen LogP contribution in [0.5, 0.6) is 0 Å². The molecule has 1 rings (SSSR count). The lowest BCUT2D eigenvalue weighted by Crippen LogP contribution is -2.05. The molecule has 0 saturated heterocycles. The van der Waals surface area contributed by atoms with Crippen LogP contribution >= 0.6 is 18.0 Å². The van der Waals surface area contributed by atoms with Gasteiger partial charge in [-0.05, 0) is 35.6 Å². The van der Waals surface area contributed by atoms with E-state index in [1.165, 1.54) is 6.92 Å². The summed E-state index contributed by atoms with van der Waals surface area (Å²) < 4.78 is 11.1. The second-order valence-corrected chi connectivity index (χ2v) is 7.15. The first-order valence-corrected chi connectivity index (χ1v) is 7.38. The van der Waals surface area contributed by atoms with Crippen LogP contribution in [-0.2, 0) is 9.36 Å². The lowest BCUT2D eigenvalue weighted by Gasteiger charge is -2.06. The van der Waals surface area contributed by atoms with Crippen molar-refractivity contribution in [3.8, 4) is 0 Å². The summed E-state index contributed by atoms with van der Waals surface area (Å²) in [6, 6.07) is 6.78. The third-order valence-electron chi connectivity index (χ3n) is 1.42. The zero-order valence-electron chi connectivity index (χ0n) is 8.14. The van der Waals surface area contributed by atoms with E-state index in [1.54, 1.807) is 24.3 Å². The maximum atomic E-state index is 11.1. The molecule has 7 heteroatoms. The van der Waals surface area contributed by atoms with Gasteiger partial charge < -0.3 is 5.32 Å². The van der Waals surface area contributed by atoms with Crippen molar-refractivity contribution in [1.29, 1.82) is 0 Å². The molecule has 5 nitrogen and oxygen atoms in total. The molecule has 0 aromatic heterocycles. The Morgan fingerprint density at radius 3 is 2.27 bits per heavy atom. The number of benzene rings is 1. The maximum absolute atomic E-state index is 11.1. The zero-order valence-corrected chi connectivity index (χ0v) is 9.85. The molecule has 0 aliphatic rings. The van der Waals surface area contributed by atoms with Gasteiger partial charge in [0, 0.05) is 17.5 Å². The second-order valence-electron chi connectivity index (χ2n) is 2.94. The predicted molar refractivity (Wildman–Crippen MR) is 62.6 cm³/mol. The van der Waals surface area contributed by atoms with Gasteiger partial charge in [0.2, 0.25) is 5.91 Å². The number of rotatable bonds is 3. The van der Waals surface area contributed by atoms with Crippen molar-refractivity contribution in [2.75, 3.05) is 5.32 Å². The molecule has 0 radical (unpaired) electrons. The van der Waals surface area contributed by atoms with Gasteiger partial charge in [0.1, 0.15) is 0 Å². The minimum Gasteiger partial charge on any atom is -0.326 e. The standard InChI is InChI=1S/C8H12N3O2PS/c1-6(12)11-7-2-4-8(5-3-7)15-14(9,10)13/h2-5H,1H3,(H,11,12)(H4,9,10,13). The van der Waals surface area contributed by atoms with E-state index in [0.717, 1.165) is 11.4 Å². The molecule has 5 N–H and O–H groups in total. The predicted octanol–water partition coefficient (Wildman–Crippen LogP) is 1.76. The molecule has 0 spiro atoms. The number of nitrogens with two attached hydrogens (primary N) is 2. The van der Waals surface area contributed by atoms with Gasteiger partial charge in [-0.3, -0.25) is 20.4 Å². The fraction of sp³-hybridized carbons (Fsp3) is 0.125. The van der Waals surface area contributed by atoms with Crippen LogP contribution < -0.4 is 16.3 Å². The van der Waals surface area contributed by atoms with Crippen LogP contribution in [0.1, 0.15) is 6.92 Å². The summed E-state index contributed by atoms with van der Waals surface area (Å²) >= 11 is 0.927. The number of anilines is 1. The Hall–Kier alpha value is -0.810. The van der Waals surface area contributed by atoms with E-state index in [0.29, 0.717) is 10.6 Å². The quantitative estimate of drug-likeness (QED) is 0.705. The van der Waals surface area contributed by atoms with Gasteiger partial charge in [-0.25, -0.2) is 0 Å². The molecule has 0 fully saturated rings. The summed E-state index contributed by atoms with van der Waals surface area (Å²) in [6.45, 7) is -1.67. The average molecular weight is 245 g/mol. The largest absolute Gasteiger partial charge is 0.326 e. The third kappa shape index (κ3) is 4.99. The van der Waals surface area contributed by atoms with E-state index in [1.807, 2.05) is 0 Å². The smallest absolute Gasteiger partial charge is 0.265 e. The Kier molecular flexibility index (Phi) is 3.93. The monoisotopic (exact) mass is 245 g/mol. The summed E-state index contributed by atoms with van der Waals surface area (Å²) in [5, 5.41) is 2.62. The third-order valence-corrected chi connectivity index (χ3v) is 3.68. The Labute approximate surface area is 91.8 Å². The minimum absolute atomic E-state index is 0.140. The lowest BCUT2D eigenvalue weighted by atomic mass is 10.3. The number of nitrogens with one attached hydrogen (secondary N) is 1. The topological polar surface area (TPSA) is 98.2 Å². The molecule has 1 aromatic carbocycles. The van der Waals surface area contributed by atoms with E-state index >= 15 is 0 Å². The van der Waals surface area contributed by atoms with E-state index in [9.17, 15) is 9.36 Å². The first-order chi connectivity index (χ1) is 6.87. The fourth-order valence-electron chi connectivity index (χ4n) is 0.967. The molecule has 0 unspecified atom stereocenters. The highest BCUT2D eigenvalue weighted by molar-refractivity contribution is 8.56. The van der Waals surface area contributed by atoms with Crippen molar-refractivity contribution in [1.82, 2.24) is 0 Å². The van der Waals surface area contributed by atoms with Gasteiger partial charge in [-0.2, -0.15) is 0 Å². The van der Waals surface area contributed by atoms with Gasteiger partial charge >= 0.3 is 0 Å².